The van der Waals surface area contributed by atoms with E-state index in [0.717, 1.165) is 12.1 Å². The molecule has 0 radical (unpaired) electrons. The van der Waals surface area contributed by atoms with Crippen LogP contribution >= 0.6 is 0 Å². The van der Waals surface area contributed by atoms with Crippen LogP contribution in [0.4, 0.5) is 74.6 Å². The van der Waals surface area contributed by atoms with Crippen LogP contribution in [0.5, 0.6) is 11.5 Å². The van der Waals surface area contributed by atoms with Crippen molar-refractivity contribution in [2.24, 2.45) is 0 Å². The Kier molecular flexibility index (Phi) is 8.18. The first-order valence-corrected chi connectivity index (χ1v) is 13.0. The van der Waals surface area contributed by atoms with E-state index in [9.17, 15) is 57.1 Å². The average molecular weight is 730 g/mol. The Morgan fingerprint density at radius 1 is 0.360 bits per heavy atom. The Labute approximate surface area is 264 Å². The Bertz CT molecular complexity index is 2450. The van der Waals surface area contributed by atoms with Crippen LogP contribution in [0.1, 0.15) is 0 Å². The zero-order valence-electron chi connectivity index (χ0n) is 23.1. The van der Waals surface area contributed by atoms with E-state index in [1.807, 2.05) is 0 Å². The minimum absolute atomic E-state index is 0.433. The van der Waals surface area contributed by atoms with Crippen molar-refractivity contribution in [2.75, 3.05) is 0 Å². The van der Waals surface area contributed by atoms with Gasteiger partial charge >= 0.3 is 7.12 Å². The third-order valence-corrected chi connectivity index (χ3v) is 7.34. The predicted molar refractivity (Wildman–Crippen MR) is 138 cm³/mol. The van der Waals surface area contributed by atoms with Crippen LogP contribution in [-0.4, -0.2) is 7.12 Å². The topological polar surface area (TPSA) is 18.5 Å². The van der Waals surface area contributed by atoms with Gasteiger partial charge in [0.1, 0.15) is 17.4 Å². The average Bonchev–Trinajstić information content (AvgIpc) is 3.08. The first-order valence-electron chi connectivity index (χ1n) is 13.0. The van der Waals surface area contributed by atoms with E-state index in [1.54, 1.807) is 0 Å². The van der Waals surface area contributed by atoms with Crippen molar-refractivity contribution in [1.82, 2.24) is 0 Å². The van der Waals surface area contributed by atoms with Gasteiger partial charge in [-0.2, -0.15) is 13.2 Å². The van der Waals surface area contributed by atoms with E-state index >= 15 is 17.6 Å². The molecule has 0 saturated carbocycles. The number of hydrogen-bond acceptors (Lipinski definition) is 2. The molecule has 0 aromatic heterocycles. The van der Waals surface area contributed by atoms with Gasteiger partial charge in [0.05, 0.1) is 21.6 Å². The maximum Gasteiger partial charge on any atom is 0.636 e. The van der Waals surface area contributed by atoms with Gasteiger partial charge in [0, 0.05) is 10.8 Å². The van der Waals surface area contributed by atoms with Crippen molar-refractivity contribution in [3.05, 3.63) is 123 Å². The quantitative estimate of drug-likeness (QED) is 0.0579. The van der Waals surface area contributed by atoms with Gasteiger partial charge in [0.15, 0.2) is 58.1 Å². The van der Waals surface area contributed by atoms with Crippen LogP contribution in [0.25, 0.3) is 32.3 Å². The molecule has 0 aliphatic carbocycles. The van der Waals surface area contributed by atoms with E-state index in [4.69, 9.17) is 4.65 Å². The molecule has 0 unspecified atom stereocenters. The second-order valence-corrected chi connectivity index (χ2v) is 10.1. The second kappa shape index (κ2) is 11.9. The lowest BCUT2D eigenvalue weighted by atomic mass is 9.74. The van der Waals surface area contributed by atoms with E-state index in [0.29, 0.717) is 12.1 Å². The van der Waals surface area contributed by atoms with Crippen molar-refractivity contribution in [3.8, 4) is 11.5 Å². The molecule has 0 amide bonds. The molecule has 0 spiro atoms. The molecular weight excluding hydrogens is 726 g/mol. The predicted octanol–water partition coefficient (Wildman–Crippen LogP) is 9.36. The summed E-state index contributed by atoms with van der Waals surface area (Å²) < 4.78 is 259. The largest absolute Gasteiger partial charge is 0.636 e. The molecule has 0 atom stereocenters. The lowest BCUT2D eigenvalue weighted by Gasteiger charge is -2.22. The summed E-state index contributed by atoms with van der Waals surface area (Å²) in [4.78, 5) is 0. The molecule has 50 heavy (non-hydrogen) atoms. The van der Waals surface area contributed by atoms with E-state index in [-0.39, 0.29) is 0 Å². The Morgan fingerprint density at radius 2 is 0.780 bits per heavy atom. The molecule has 258 valence electrons. The highest BCUT2D eigenvalue weighted by molar-refractivity contribution is 6.66. The van der Waals surface area contributed by atoms with Crippen molar-refractivity contribution in [2.45, 2.75) is 0 Å². The molecule has 6 aromatic rings. The van der Waals surface area contributed by atoms with Crippen molar-refractivity contribution >= 4 is 44.9 Å². The first-order chi connectivity index (χ1) is 23.4. The maximum absolute atomic E-state index is 15.5. The smallest absolute Gasteiger partial charge is 0.519 e. The molecule has 0 heterocycles. The summed E-state index contributed by atoms with van der Waals surface area (Å²) >= 11 is 0. The standard InChI is InChI=1S/C30H4BF17O2/c32-7-3-1-2-5-4-6-9(13(33)8(5)7)14(34)22(42)26(46)29(6)49-31(50-30-27(47)24(44)23(43)25(45)28(30)48)12-10-11(16(36)19(39)18(12)38)17(37)21(41)20(40)15(10)35/h1-4H. The van der Waals surface area contributed by atoms with E-state index < -0.39 is 155 Å². The van der Waals surface area contributed by atoms with Crippen LogP contribution in [0.15, 0.2) is 24.3 Å². The van der Waals surface area contributed by atoms with Gasteiger partial charge in [-0.05, 0) is 17.5 Å². The van der Waals surface area contributed by atoms with Gasteiger partial charge in [0.25, 0.3) is 0 Å². The zero-order chi connectivity index (χ0) is 36.8. The van der Waals surface area contributed by atoms with Crippen LogP contribution in [0.2, 0.25) is 0 Å². The first kappa shape index (κ1) is 34.4. The molecule has 0 N–H and O–H groups in total. The second-order valence-electron chi connectivity index (χ2n) is 10.1. The summed E-state index contributed by atoms with van der Waals surface area (Å²) in [5.74, 6) is -50.5. The van der Waals surface area contributed by atoms with Gasteiger partial charge < -0.3 is 9.31 Å². The van der Waals surface area contributed by atoms with Gasteiger partial charge in [-0.25, -0.2) is 61.5 Å². The summed E-state index contributed by atoms with van der Waals surface area (Å²) in [5, 5.41) is -9.41. The summed E-state index contributed by atoms with van der Waals surface area (Å²) in [6.07, 6.45) is 0. The number of hydrogen-bond donors (Lipinski definition) is 0. The van der Waals surface area contributed by atoms with Gasteiger partial charge in [-0.1, -0.05) is 12.1 Å². The highest BCUT2D eigenvalue weighted by atomic mass is 19.2. The van der Waals surface area contributed by atoms with Crippen LogP contribution in [0, 0.1) is 98.9 Å². The lowest BCUT2D eigenvalue weighted by molar-refractivity contribution is 0.331. The molecule has 6 rings (SSSR count). The summed E-state index contributed by atoms with van der Waals surface area (Å²) in [5.41, 5.74) is -2.39. The highest BCUT2D eigenvalue weighted by Crippen LogP contribution is 2.40. The molecule has 20 heteroatoms. The van der Waals surface area contributed by atoms with Crippen LogP contribution in [0.3, 0.4) is 0 Å². The summed E-state index contributed by atoms with van der Waals surface area (Å²) in [6.45, 7) is 0. The Morgan fingerprint density at radius 3 is 1.36 bits per heavy atom. The molecule has 0 aliphatic rings. The summed E-state index contributed by atoms with van der Waals surface area (Å²) in [6, 6.07) is 2.85. The normalized spacial score (nSPS) is 11.7. The summed E-state index contributed by atoms with van der Waals surface area (Å²) in [7, 11) is -3.83. The number of halogens is 17. The fourth-order valence-corrected chi connectivity index (χ4v) is 5.09. The molecule has 0 aliphatic heterocycles. The van der Waals surface area contributed by atoms with Crippen molar-refractivity contribution in [3.63, 3.8) is 0 Å². The maximum atomic E-state index is 15.5. The SMILES string of the molecule is Fc1c(F)c(F)c(OB(Oc2c(F)c(F)c(F)c3c(F)c4c(F)cccc4cc23)c2c(F)c(F)c(F)c3c(F)c(F)c(F)c(F)c23)c(F)c1F. The van der Waals surface area contributed by atoms with Crippen molar-refractivity contribution in [1.29, 1.82) is 0 Å². The van der Waals surface area contributed by atoms with E-state index in [1.165, 1.54) is 0 Å². The number of rotatable bonds is 5. The molecule has 0 fully saturated rings. The Balaban J connectivity index is 1.77. The van der Waals surface area contributed by atoms with E-state index in [2.05, 4.69) is 4.65 Å². The minimum Gasteiger partial charge on any atom is -0.519 e. The van der Waals surface area contributed by atoms with Gasteiger partial charge in [-0.3, -0.25) is 0 Å². The number of fused-ring (bicyclic) bond motifs is 3. The van der Waals surface area contributed by atoms with Crippen molar-refractivity contribution < 1.29 is 83.9 Å². The van der Waals surface area contributed by atoms with Gasteiger partial charge in [-0.15, -0.1) is 0 Å². The number of benzene rings is 6. The minimum atomic E-state index is -3.83. The van der Waals surface area contributed by atoms with Gasteiger partial charge in [0.2, 0.25) is 34.9 Å². The monoisotopic (exact) mass is 730 g/mol. The van der Waals surface area contributed by atoms with Crippen LogP contribution < -0.4 is 14.8 Å². The molecular formula is C30H4BF17O2. The van der Waals surface area contributed by atoms with Crippen LogP contribution in [-0.2, 0) is 0 Å². The lowest BCUT2D eigenvalue weighted by Crippen LogP contribution is -2.47. The zero-order valence-corrected chi connectivity index (χ0v) is 23.1. The third kappa shape index (κ3) is 4.74. The molecule has 6 aromatic carbocycles. The molecule has 0 saturated heterocycles. The fraction of sp³-hybridized carbons (Fsp3) is 0. The molecule has 0 bridgehead atoms. The Hall–Kier alpha value is -5.43. The third-order valence-electron chi connectivity index (χ3n) is 7.34. The molecule has 2 nitrogen and oxygen atoms in total. The fourth-order valence-electron chi connectivity index (χ4n) is 5.09. The highest BCUT2D eigenvalue weighted by Gasteiger charge is 2.43.